The number of benzene rings is 1. The fourth-order valence-electron chi connectivity index (χ4n) is 1.95. The third-order valence-electron chi connectivity index (χ3n) is 3.04. The van der Waals surface area contributed by atoms with E-state index >= 15 is 0 Å². The van der Waals surface area contributed by atoms with E-state index in [-0.39, 0.29) is 16.6 Å². The van der Waals surface area contributed by atoms with Gasteiger partial charge in [-0.1, -0.05) is 6.07 Å². The van der Waals surface area contributed by atoms with Crippen molar-refractivity contribution in [2.75, 3.05) is 0 Å². The minimum absolute atomic E-state index is 0.221. The molecule has 1 aliphatic rings. The van der Waals surface area contributed by atoms with Gasteiger partial charge in [-0.05, 0) is 29.8 Å². The quantitative estimate of drug-likeness (QED) is 0.758. The van der Waals surface area contributed by atoms with Crippen LogP contribution >= 0.6 is 0 Å². The average molecular weight is 294 g/mol. The van der Waals surface area contributed by atoms with Crippen LogP contribution in [0, 0.1) is 0 Å². The van der Waals surface area contributed by atoms with Crippen LogP contribution in [0.4, 0.5) is 0 Å². The Morgan fingerprint density at radius 2 is 1.82 bits per heavy atom. The molecule has 0 aliphatic carbocycles. The van der Waals surface area contributed by atoms with Crippen molar-refractivity contribution in [2.24, 2.45) is 9.98 Å². The first-order chi connectivity index (χ1) is 10.6. The number of aromatic nitrogens is 1. The van der Waals surface area contributed by atoms with Gasteiger partial charge in [0.2, 0.25) is 0 Å². The molecule has 1 N–H and O–H groups in total. The van der Waals surface area contributed by atoms with E-state index in [1.807, 2.05) is 6.07 Å². The SMILES string of the molecule is O=C1N=c2ccc(C(=O)NCc3cccnc3)cc2=NC1=O. The number of rotatable bonds is 3. The Kier molecular flexibility index (Phi) is 3.53. The lowest BCUT2D eigenvalue weighted by atomic mass is 10.2. The van der Waals surface area contributed by atoms with Crippen LogP contribution in [0.1, 0.15) is 15.9 Å². The summed E-state index contributed by atoms with van der Waals surface area (Å²) in [5, 5.41) is 3.25. The summed E-state index contributed by atoms with van der Waals surface area (Å²) in [4.78, 5) is 45.6. The molecule has 1 aliphatic heterocycles. The number of nitrogens with zero attached hydrogens (tertiary/aromatic N) is 3. The smallest absolute Gasteiger partial charge is 0.338 e. The molecule has 0 atom stereocenters. The second-order valence-corrected chi connectivity index (χ2v) is 4.58. The number of hydrogen-bond donors (Lipinski definition) is 1. The van der Waals surface area contributed by atoms with Gasteiger partial charge < -0.3 is 5.32 Å². The maximum atomic E-state index is 12.1. The molecule has 0 radical (unpaired) electrons. The number of fused-ring (bicyclic) bond motifs is 1. The summed E-state index contributed by atoms with van der Waals surface area (Å²) in [6.45, 7) is 0.336. The standard InChI is InChI=1S/C15H10N4O3/c20-13(17-8-9-2-1-5-16-7-9)10-3-4-11-12(6-10)19-15(22)14(21)18-11/h1-7H,8H2,(H,17,20). The molecule has 2 aromatic rings. The summed E-state index contributed by atoms with van der Waals surface area (Å²) in [7, 11) is 0. The number of amides is 3. The zero-order valence-corrected chi connectivity index (χ0v) is 11.3. The molecule has 7 heteroatoms. The summed E-state index contributed by atoms with van der Waals surface area (Å²) in [5.74, 6) is -2.15. The van der Waals surface area contributed by atoms with Gasteiger partial charge in [0, 0.05) is 24.5 Å². The van der Waals surface area contributed by atoms with Crippen molar-refractivity contribution in [1.29, 1.82) is 0 Å². The van der Waals surface area contributed by atoms with Crippen LogP contribution in [0.5, 0.6) is 0 Å². The van der Waals surface area contributed by atoms with Crippen LogP contribution in [0.15, 0.2) is 52.7 Å². The third kappa shape index (κ3) is 2.78. The van der Waals surface area contributed by atoms with Crippen LogP contribution < -0.4 is 16.0 Å². The summed E-state index contributed by atoms with van der Waals surface area (Å²) in [6.07, 6.45) is 3.31. The van der Waals surface area contributed by atoms with E-state index in [0.717, 1.165) is 5.56 Å². The lowest BCUT2D eigenvalue weighted by Gasteiger charge is -2.05. The lowest BCUT2D eigenvalue weighted by Crippen LogP contribution is -2.36. The largest absolute Gasteiger partial charge is 0.348 e. The third-order valence-corrected chi connectivity index (χ3v) is 3.04. The summed E-state index contributed by atoms with van der Waals surface area (Å²) in [6, 6.07) is 8.07. The Labute approximate surface area is 124 Å². The van der Waals surface area contributed by atoms with Crippen molar-refractivity contribution in [3.8, 4) is 0 Å². The van der Waals surface area contributed by atoms with Crippen LogP contribution in [0.25, 0.3) is 0 Å². The number of carbonyl (C=O) groups is 3. The fraction of sp³-hybridized carbons (Fsp3) is 0.0667. The topological polar surface area (TPSA) is 101 Å². The molecule has 0 saturated heterocycles. The maximum Gasteiger partial charge on any atom is 0.338 e. The van der Waals surface area contributed by atoms with Gasteiger partial charge in [-0.2, -0.15) is 0 Å². The normalized spacial score (nSPS) is 12.9. The molecule has 108 valence electrons. The highest BCUT2D eigenvalue weighted by Crippen LogP contribution is 1.98. The summed E-state index contributed by atoms with van der Waals surface area (Å²) >= 11 is 0. The van der Waals surface area contributed by atoms with Gasteiger partial charge in [-0.15, -0.1) is 0 Å². The maximum absolute atomic E-state index is 12.1. The highest BCUT2D eigenvalue weighted by atomic mass is 16.2. The molecule has 22 heavy (non-hydrogen) atoms. The second-order valence-electron chi connectivity index (χ2n) is 4.58. The van der Waals surface area contributed by atoms with Crippen molar-refractivity contribution in [3.63, 3.8) is 0 Å². The van der Waals surface area contributed by atoms with Gasteiger partial charge in [-0.3, -0.25) is 19.4 Å². The Bertz CT molecular complexity index is 891. The molecule has 1 aromatic carbocycles. The molecule has 2 heterocycles. The molecule has 0 unspecified atom stereocenters. The van der Waals surface area contributed by atoms with Crippen molar-refractivity contribution in [3.05, 3.63) is 64.6 Å². The highest BCUT2D eigenvalue weighted by Gasteiger charge is 2.16. The van der Waals surface area contributed by atoms with E-state index in [1.165, 1.54) is 18.2 Å². The molecule has 0 spiro atoms. The van der Waals surface area contributed by atoms with Crippen LogP contribution in [-0.4, -0.2) is 22.7 Å². The summed E-state index contributed by atoms with van der Waals surface area (Å²) in [5.41, 5.74) is 1.21. The predicted molar refractivity (Wildman–Crippen MR) is 74.2 cm³/mol. The van der Waals surface area contributed by atoms with Gasteiger partial charge in [0.1, 0.15) is 0 Å². The molecule has 3 rings (SSSR count). The highest BCUT2D eigenvalue weighted by molar-refractivity contribution is 6.36. The number of nitrogens with one attached hydrogen (secondary N) is 1. The van der Waals surface area contributed by atoms with E-state index in [2.05, 4.69) is 20.3 Å². The lowest BCUT2D eigenvalue weighted by molar-refractivity contribution is -0.135. The molecule has 7 nitrogen and oxygen atoms in total. The monoisotopic (exact) mass is 294 g/mol. The molecule has 1 aromatic heterocycles. The average Bonchev–Trinajstić information content (AvgIpc) is 2.54. The van der Waals surface area contributed by atoms with E-state index in [0.29, 0.717) is 12.1 Å². The van der Waals surface area contributed by atoms with Crippen LogP contribution in [0.2, 0.25) is 0 Å². The van der Waals surface area contributed by atoms with Crippen molar-refractivity contribution in [2.45, 2.75) is 6.54 Å². The molecule has 3 amide bonds. The van der Waals surface area contributed by atoms with Gasteiger partial charge in [-0.25, -0.2) is 9.98 Å². The molecular formula is C15H10N4O3. The first kappa shape index (κ1) is 13.7. The zero-order valence-electron chi connectivity index (χ0n) is 11.3. The Morgan fingerprint density at radius 3 is 2.55 bits per heavy atom. The van der Waals surface area contributed by atoms with Gasteiger partial charge in [0.15, 0.2) is 0 Å². The molecule has 0 bridgehead atoms. The van der Waals surface area contributed by atoms with Crippen molar-refractivity contribution < 1.29 is 14.4 Å². The molecule has 0 saturated carbocycles. The summed E-state index contributed by atoms with van der Waals surface area (Å²) < 4.78 is 0. The predicted octanol–water partition coefficient (Wildman–Crippen LogP) is -0.682. The minimum atomic E-state index is -0.930. The van der Waals surface area contributed by atoms with E-state index in [9.17, 15) is 14.4 Å². The number of pyridine rings is 1. The zero-order chi connectivity index (χ0) is 15.5. The van der Waals surface area contributed by atoms with Gasteiger partial charge >= 0.3 is 11.8 Å². The Morgan fingerprint density at radius 1 is 1.05 bits per heavy atom. The van der Waals surface area contributed by atoms with E-state index in [1.54, 1.807) is 18.5 Å². The number of carbonyl (C=O) groups excluding carboxylic acids is 3. The Hall–Kier alpha value is -3.22. The molecular weight excluding hydrogens is 284 g/mol. The minimum Gasteiger partial charge on any atom is -0.348 e. The van der Waals surface area contributed by atoms with Gasteiger partial charge in [0.25, 0.3) is 5.91 Å². The van der Waals surface area contributed by atoms with Crippen LogP contribution in [-0.2, 0) is 16.1 Å². The van der Waals surface area contributed by atoms with Gasteiger partial charge in [0.05, 0.1) is 10.7 Å². The number of hydrogen-bond acceptors (Lipinski definition) is 4. The first-order valence-corrected chi connectivity index (χ1v) is 6.46. The second kappa shape index (κ2) is 5.65. The first-order valence-electron chi connectivity index (χ1n) is 6.46. The van der Waals surface area contributed by atoms with E-state index in [4.69, 9.17) is 0 Å². The van der Waals surface area contributed by atoms with E-state index < -0.39 is 11.8 Å². The van der Waals surface area contributed by atoms with Crippen molar-refractivity contribution in [1.82, 2.24) is 10.3 Å². The molecule has 0 fully saturated rings. The Balaban J connectivity index is 1.82. The van der Waals surface area contributed by atoms with Crippen molar-refractivity contribution >= 4 is 17.7 Å². The van der Waals surface area contributed by atoms with Crippen LogP contribution in [0.3, 0.4) is 0 Å². The fourth-order valence-corrected chi connectivity index (χ4v) is 1.95.